The molecule has 9 heteroatoms. The maximum Gasteiger partial charge on any atom is 0.193 e. The van der Waals surface area contributed by atoms with Crippen molar-refractivity contribution < 1.29 is 4.74 Å². The number of halogens is 2. The molecule has 170 valence electrons. The van der Waals surface area contributed by atoms with Gasteiger partial charge in [-0.3, -0.25) is 14.6 Å². The number of aryl methyl sites for hydroxylation is 1. The zero-order valence-corrected chi connectivity index (χ0v) is 21.3. The van der Waals surface area contributed by atoms with Gasteiger partial charge in [0.25, 0.3) is 0 Å². The lowest BCUT2D eigenvalue weighted by atomic mass is 10.0. The van der Waals surface area contributed by atoms with Gasteiger partial charge in [0.05, 0.1) is 25.5 Å². The van der Waals surface area contributed by atoms with Crippen LogP contribution in [-0.4, -0.2) is 78.5 Å². The maximum absolute atomic E-state index is 6.30. The van der Waals surface area contributed by atoms with Crippen LogP contribution in [0.4, 0.5) is 0 Å². The van der Waals surface area contributed by atoms with Crippen molar-refractivity contribution in [2.45, 2.75) is 18.4 Å². The number of hydrogen-bond acceptors (Lipinski definition) is 4. The fourth-order valence-corrected chi connectivity index (χ4v) is 4.66. The summed E-state index contributed by atoms with van der Waals surface area (Å²) < 4.78 is 7.44. The molecule has 0 spiro atoms. The van der Waals surface area contributed by atoms with Crippen LogP contribution in [0.15, 0.2) is 41.7 Å². The Morgan fingerprint density at radius 3 is 2.81 bits per heavy atom. The molecule has 31 heavy (non-hydrogen) atoms. The van der Waals surface area contributed by atoms with Gasteiger partial charge < -0.3 is 15.0 Å². The van der Waals surface area contributed by atoms with Crippen molar-refractivity contribution in [3.05, 3.63) is 52.8 Å². The van der Waals surface area contributed by atoms with E-state index in [9.17, 15) is 0 Å². The van der Waals surface area contributed by atoms with E-state index >= 15 is 0 Å². The lowest BCUT2D eigenvalue weighted by Gasteiger charge is -2.35. The van der Waals surface area contributed by atoms with Crippen molar-refractivity contribution in [1.82, 2.24) is 24.9 Å². The van der Waals surface area contributed by atoms with Crippen molar-refractivity contribution in [3.63, 3.8) is 0 Å². The van der Waals surface area contributed by atoms with Crippen molar-refractivity contribution >= 4 is 41.5 Å². The van der Waals surface area contributed by atoms with Crippen LogP contribution >= 0.6 is 35.6 Å². The van der Waals surface area contributed by atoms with Crippen LogP contribution in [0.3, 0.4) is 0 Å². The van der Waals surface area contributed by atoms with Gasteiger partial charge in [-0.2, -0.15) is 5.10 Å². The highest BCUT2D eigenvalue weighted by atomic mass is 127. The van der Waals surface area contributed by atoms with Crippen molar-refractivity contribution in [2.75, 3.05) is 53.0 Å². The van der Waals surface area contributed by atoms with Gasteiger partial charge in [0.1, 0.15) is 0 Å². The Bertz CT molecular complexity index is 869. The van der Waals surface area contributed by atoms with Gasteiger partial charge in [0.15, 0.2) is 5.96 Å². The molecule has 2 atom stereocenters. The summed E-state index contributed by atoms with van der Waals surface area (Å²) in [5.41, 5.74) is 2.53. The molecule has 1 aromatic heterocycles. The molecule has 2 aromatic rings. The molecule has 4 rings (SSSR count). The Labute approximate surface area is 206 Å². The van der Waals surface area contributed by atoms with Crippen LogP contribution < -0.4 is 5.32 Å². The molecule has 2 saturated heterocycles. The fourth-order valence-electron chi connectivity index (χ4n) is 4.46. The first-order chi connectivity index (χ1) is 14.6. The molecule has 0 radical (unpaired) electrons. The number of rotatable bonds is 5. The topological polar surface area (TPSA) is 57.9 Å². The Balaban J connectivity index is 0.00000272. The van der Waals surface area contributed by atoms with E-state index in [4.69, 9.17) is 16.3 Å². The number of nitrogens with zero attached hydrogens (tertiary/aromatic N) is 5. The van der Waals surface area contributed by atoms with Crippen LogP contribution in [0.5, 0.6) is 0 Å². The first-order valence-electron chi connectivity index (χ1n) is 10.7. The summed E-state index contributed by atoms with van der Waals surface area (Å²) in [6.07, 6.45) is 5.23. The van der Waals surface area contributed by atoms with Crippen molar-refractivity contribution in [3.8, 4) is 0 Å². The minimum Gasteiger partial charge on any atom is -0.379 e. The van der Waals surface area contributed by atoms with E-state index in [-0.39, 0.29) is 30.0 Å². The summed E-state index contributed by atoms with van der Waals surface area (Å²) in [5, 5.41) is 8.73. The molecule has 0 aliphatic carbocycles. The minimum atomic E-state index is 0. The highest BCUT2D eigenvalue weighted by Gasteiger charge is 2.28. The quantitative estimate of drug-likeness (QED) is 0.347. The van der Waals surface area contributed by atoms with Gasteiger partial charge in [0, 0.05) is 64.0 Å². The number of aromatic nitrogens is 2. The van der Waals surface area contributed by atoms with E-state index < -0.39 is 0 Å². The molecule has 1 aromatic carbocycles. The van der Waals surface area contributed by atoms with E-state index in [0.29, 0.717) is 5.92 Å². The van der Waals surface area contributed by atoms with E-state index in [0.717, 1.165) is 63.3 Å². The van der Waals surface area contributed by atoms with Crippen LogP contribution in [0.2, 0.25) is 5.02 Å². The maximum atomic E-state index is 6.30. The Morgan fingerprint density at radius 1 is 1.32 bits per heavy atom. The first kappa shape index (κ1) is 24.3. The largest absolute Gasteiger partial charge is 0.379 e. The monoisotopic (exact) mass is 558 g/mol. The number of nitrogens with one attached hydrogen (secondary N) is 1. The zero-order chi connectivity index (χ0) is 20.9. The Hall–Kier alpha value is -1.36. The molecule has 2 aliphatic heterocycles. The molecule has 3 heterocycles. The highest BCUT2D eigenvalue weighted by Crippen LogP contribution is 2.27. The first-order valence-corrected chi connectivity index (χ1v) is 11.0. The number of aliphatic imine (C=N–C) groups is 1. The lowest BCUT2D eigenvalue weighted by Crippen LogP contribution is -2.47. The van der Waals surface area contributed by atoms with Crippen LogP contribution in [0.25, 0.3) is 0 Å². The number of morpholine rings is 1. The second kappa shape index (κ2) is 11.5. The molecule has 0 amide bonds. The predicted octanol–water partition coefficient (Wildman–Crippen LogP) is 3.13. The minimum absolute atomic E-state index is 0. The van der Waals surface area contributed by atoms with Gasteiger partial charge in [0.2, 0.25) is 0 Å². The van der Waals surface area contributed by atoms with Crippen molar-refractivity contribution in [1.29, 1.82) is 0 Å². The number of benzene rings is 1. The molecule has 7 nitrogen and oxygen atoms in total. The Kier molecular flexibility index (Phi) is 9.00. The molecule has 0 bridgehead atoms. The number of ether oxygens (including phenoxy) is 1. The summed E-state index contributed by atoms with van der Waals surface area (Å²) in [7, 11) is 3.83. The summed E-state index contributed by atoms with van der Waals surface area (Å²) in [4.78, 5) is 9.40. The molecular weight excluding hydrogens is 527 g/mol. The molecule has 2 fully saturated rings. The third kappa shape index (κ3) is 6.12. The van der Waals surface area contributed by atoms with E-state index in [1.165, 1.54) is 11.1 Å². The second-order valence-corrected chi connectivity index (χ2v) is 8.46. The molecule has 2 aliphatic rings. The van der Waals surface area contributed by atoms with Crippen molar-refractivity contribution in [2.24, 2.45) is 12.0 Å². The van der Waals surface area contributed by atoms with Gasteiger partial charge in [-0.1, -0.05) is 23.7 Å². The average molecular weight is 559 g/mol. The predicted molar refractivity (Wildman–Crippen MR) is 136 cm³/mol. The smallest absolute Gasteiger partial charge is 0.193 e. The summed E-state index contributed by atoms with van der Waals surface area (Å²) in [5.74, 6) is 1.46. The van der Waals surface area contributed by atoms with Crippen LogP contribution in [0.1, 0.15) is 29.5 Å². The number of guanidine groups is 1. The summed E-state index contributed by atoms with van der Waals surface area (Å²) >= 11 is 6.30. The molecule has 1 N–H and O–H groups in total. The highest BCUT2D eigenvalue weighted by molar-refractivity contribution is 14.0. The molecule has 2 unspecified atom stereocenters. The summed E-state index contributed by atoms with van der Waals surface area (Å²) in [6, 6.07) is 8.40. The van der Waals surface area contributed by atoms with E-state index in [2.05, 4.69) is 43.5 Å². The number of likely N-dealkylation sites (tertiary alicyclic amines) is 1. The third-order valence-corrected chi connectivity index (χ3v) is 6.30. The standard InChI is InChI=1S/C22H31ClN6O.HI/c1-24-22(29-7-6-18(16-29)19-13-26-27(2)15-19)25-14-21(28-8-10-30-11-9-28)17-4-3-5-20(23)12-17;/h3-5,12-13,15,18,21H,6-11,14,16H2,1-2H3,(H,24,25);1H. The van der Waals surface area contributed by atoms with E-state index in [1.54, 1.807) is 0 Å². The zero-order valence-electron chi connectivity index (χ0n) is 18.2. The molecular formula is C22H32ClIN6O. The van der Waals surface area contributed by atoms with Gasteiger partial charge in [-0.05, 0) is 29.7 Å². The van der Waals surface area contributed by atoms with Gasteiger partial charge >= 0.3 is 0 Å². The Morgan fingerprint density at radius 2 is 2.13 bits per heavy atom. The van der Waals surface area contributed by atoms with Crippen LogP contribution in [-0.2, 0) is 11.8 Å². The SMILES string of the molecule is CN=C(NCC(c1cccc(Cl)c1)N1CCOCC1)N1CCC(c2cnn(C)c2)C1.I. The second-order valence-electron chi connectivity index (χ2n) is 8.03. The molecule has 0 saturated carbocycles. The third-order valence-electron chi connectivity index (χ3n) is 6.07. The van der Waals surface area contributed by atoms with Gasteiger partial charge in [-0.15, -0.1) is 24.0 Å². The van der Waals surface area contributed by atoms with Gasteiger partial charge in [-0.25, -0.2) is 0 Å². The van der Waals surface area contributed by atoms with E-state index in [1.807, 2.05) is 37.1 Å². The number of hydrogen-bond donors (Lipinski definition) is 1. The average Bonchev–Trinajstić information content (AvgIpc) is 3.41. The lowest BCUT2D eigenvalue weighted by molar-refractivity contribution is 0.0169. The fraction of sp³-hybridized carbons (Fsp3) is 0.545. The normalized spacial score (nSPS) is 21.1. The summed E-state index contributed by atoms with van der Waals surface area (Å²) in [6.45, 7) is 6.12. The van der Waals surface area contributed by atoms with Crippen LogP contribution in [0, 0.1) is 0 Å².